The fourth-order valence-corrected chi connectivity index (χ4v) is 1.96. The zero-order chi connectivity index (χ0) is 11.4. The first-order valence-corrected chi connectivity index (χ1v) is 5.78. The lowest BCUT2D eigenvalue weighted by molar-refractivity contribution is 0.0827. The van der Waals surface area contributed by atoms with Gasteiger partial charge in [0.05, 0.1) is 0 Å². The number of anilines is 1. The summed E-state index contributed by atoms with van der Waals surface area (Å²) in [6, 6.07) is 5.40. The average Bonchev–Trinajstić information content (AvgIpc) is 2.20. The second kappa shape index (κ2) is 5.07. The molecule has 0 spiro atoms. The van der Waals surface area contributed by atoms with E-state index in [0.717, 1.165) is 16.3 Å². The number of thioether (sulfide) groups is 1. The Hall–Kier alpha value is -1.16. The molecule has 1 amide bonds. The molecule has 0 aliphatic carbocycles. The minimum Gasteiger partial charge on any atom is -0.398 e. The van der Waals surface area contributed by atoms with Gasteiger partial charge in [-0.3, -0.25) is 4.79 Å². The number of nitrogens with two attached hydrogens (primary N) is 1. The molecule has 0 saturated heterocycles. The van der Waals surface area contributed by atoms with Gasteiger partial charge in [-0.15, -0.1) is 11.8 Å². The fourth-order valence-electron chi connectivity index (χ4n) is 1.21. The standard InChI is InChI=1S/C11H16N2OS/c1-4-15-10-7-8(5-6-9(10)12)11(14)13(2)3/h5-7H,4,12H2,1-3H3. The molecule has 0 aromatic heterocycles. The molecule has 0 aliphatic rings. The monoisotopic (exact) mass is 224 g/mol. The molecule has 3 nitrogen and oxygen atoms in total. The number of rotatable bonds is 3. The van der Waals surface area contributed by atoms with Crippen molar-refractivity contribution in [3.8, 4) is 0 Å². The first-order valence-electron chi connectivity index (χ1n) is 4.80. The smallest absolute Gasteiger partial charge is 0.253 e. The van der Waals surface area contributed by atoms with E-state index < -0.39 is 0 Å². The van der Waals surface area contributed by atoms with Crippen LogP contribution in [-0.4, -0.2) is 30.7 Å². The molecule has 0 unspecified atom stereocenters. The zero-order valence-electron chi connectivity index (χ0n) is 9.28. The highest BCUT2D eigenvalue weighted by Crippen LogP contribution is 2.26. The van der Waals surface area contributed by atoms with Crippen molar-refractivity contribution < 1.29 is 4.79 Å². The van der Waals surface area contributed by atoms with Gasteiger partial charge in [0.15, 0.2) is 0 Å². The van der Waals surface area contributed by atoms with Crippen LogP contribution in [0.3, 0.4) is 0 Å². The second-order valence-electron chi connectivity index (χ2n) is 3.39. The van der Waals surface area contributed by atoms with Crippen molar-refractivity contribution in [1.29, 1.82) is 0 Å². The lowest BCUT2D eigenvalue weighted by Gasteiger charge is -2.12. The van der Waals surface area contributed by atoms with Crippen molar-refractivity contribution >= 4 is 23.4 Å². The van der Waals surface area contributed by atoms with Gasteiger partial charge in [-0.1, -0.05) is 6.92 Å². The third kappa shape index (κ3) is 2.89. The molecule has 82 valence electrons. The molecule has 0 radical (unpaired) electrons. The van der Waals surface area contributed by atoms with Crippen molar-refractivity contribution in [2.75, 3.05) is 25.6 Å². The molecule has 0 atom stereocenters. The van der Waals surface area contributed by atoms with Gasteiger partial charge < -0.3 is 10.6 Å². The van der Waals surface area contributed by atoms with Crippen LogP contribution in [-0.2, 0) is 0 Å². The van der Waals surface area contributed by atoms with E-state index in [0.29, 0.717) is 5.56 Å². The topological polar surface area (TPSA) is 46.3 Å². The molecular weight excluding hydrogens is 208 g/mol. The van der Waals surface area contributed by atoms with Gasteiger partial charge in [0.2, 0.25) is 0 Å². The van der Waals surface area contributed by atoms with Crippen LogP contribution in [0.1, 0.15) is 17.3 Å². The molecule has 15 heavy (non-hydrogen) atoms. The second-order valence-corrected chi connectivity index (χ2v) is 4.69. The van der Waals surface area contributed by atoms with Gasteiger partial charge in [0.1, 0.15) is 0 Å². The number of nitrogens with zero attached hydrogens (tertiary/aromatic N) is 1. The lowest BCUT2D eigenvalue weighted by atomic mass is 10.2. The lowest BCUT2D eigenvalue weighted by Crippen LogP contribution is -2.21. The van der Waals surface area contributed by atoms with Gasteiger partial charge in [0.25, 0.3) is 5.91 Å². The van der Waals surface area contributed by atoms with E-state index in [9.17, 15) is 4.79 Å². The predicted molar refractivity (Wildman–Crippen MR) is 65.3 cm³/mol. The molecule has 0 fully saturated rings. The molecule has 2 N–H and O–H groups in total. The number of carbonyl (C=O) groups excluding carboxylic acids is 1. The first kappa shape index (κ1) is 11.9. The van der Waals surface area contributed by atoms with Crippen molar-refractivity contribution in [1.82, 2.24) is 4.90 Å². The third-order valence-electron chi connectivity index (χ3n) is 1.97. The summed E-state index contributed by atoms with van der Waals surface area (Å²) in [6.45, 7) is 2.06. The van der Waals surface area contributed by atoms with E-state index in [1.807, 2.05) is 6.07 Å². The van der Waals surface area contributed by atoms with E-state index >= 15 is 0 Å². The highest BCUT2D eigenvalue weighted by atomic mass is 32.2. The molecule has 0 saturated carbocycles. The Kier molecular flexibility index (Phi) is 4.03. The maximum atomic E-state index is 11.7. The average molecular weight is 224 g/mol. The molecule has 4 heteroatoms. The number of benzene rings is 1. The van der Waals surface area contributed by atoms with Crippen LogP contribution in [0.15, 0.2) is 23.1 Å². The molecule has 1 aromatic carbocycles. The Morgan fingerprint density at radius 1 is 1.47 bits per heavy atom. The summed E-state index contributed by atoms with van der Waals surface area (Å²) in [5, 5.41) is 0. The van der Waals surface area contributed by atoms with Crippen LogP contribution >= 0.6 is 11.8 Å². The summed E-state index contributed by atoms with van der Waals surface area (Å²) in [6.07, 6.45) is 0. The van der Waals surface area contributed by atoms with Gasteiger partial charge in [0, 0.05) is 30.2 Å². The largest absolute Gasteiger partial charge is 0.398 e. The normalized spacial score (nSPS) is 10.1. The highest BCUT2D eigenvalue weighted by Gasteiger charge is 2.09. The molecule has 1 aromatic rings. The van der Waals surface area contributed by atoms with E-state index in [1.165, 1.54) is 0 Å². The van der Waals surface area contributed by atoms with E-state index in [-0.39, 0.29) is 5.91 Å². The zero-order valence-corrected chi connectivity index (χ0v) is 10.1. The van der Waals surface area contributed by atoms with Gasteiger partial charge in [-0.25, -0.2) is 0 Å². The van der Waals surface area contributed by atoms with Gasteiger partial charge in [-0.05, 0) is 24.0 Å². The SMILES string of the molecule is CCSc1cc(C(=O)N(C)C)ccc1N. The highest BCUT2D eigenvalue weighted by molar-refractivity contribution is 7.99. The molecule has 1 rings (SSSR count). The number of carbonyl (C=O) groups is 1. The van der Waals surface area contributed by atoms with Crippen LogP contribution in [0.25, 0.3) is 0 Å². The Morgan fingerprint density at radius 2 is 2.13 bits per heavy atom. The van der Waals surface area contributed by atoms with Crippen LogP contribution in [0.2, 0.25) is 0 Å². The van der Waals surface area contributed by atoms with Crippen molar-refractivity contribution in [2.24, 2.45) is 0 Å². The number of nitrogen functional groups attached to an aromatic ring is 1. The quantitative estimate of drug-likeness (QED) is 0.631. The van der Waals surface area contributed by atoms with Crippen LogP contribution in [0, 0.1) is 0 Å². The first-order chi connectivity index (χ1) is 7.06. The number of hydrogen-bond acceptors (Lipinski definition) is 3. The van der Waals surface area contributed by atoms with Crippen molar-refractivity contribution in [3.63, 3.8) is 0 Å². The Balaban J connectivity index is 3.01. The third-order valence-corrected chi connectivity index (χ3v) is 2.92. The summed E-state index contributed by atoms with van der Waals surface area (Å²) in [4.78, 5) is 14.2. The van der Waals surface area contributed by atoms with Crippen LogP contribution in [0.4, 0.5) is 5.69 Å². The van der Waals surface area contributed by atoms with E-state index in [4.69, 9.17) is 5.73 Å². The summed E-state index contributed by atoms with van der Waals surface area (Å²) in [7, 11) is 3.48. The van der Waals surface area contributed by atoms with Gasteiger partial charge >= 0.3 is 0 Å². The summed E-state index contributed by atoms with van der Waals surface area (Å²) in [5.74, 6) is 0.956. The van der Waals surface area contributed by atoms with Crippen molar-refractivity contribution in [3.05, 3.63) is 23.8 Å². The number of hydrogen-bond donors (Lipinski definition) is 1. The van der Waals surface area contributed by atoms with E-state index in [2.05, 4.69) is 6.92 Å². The molecule has 0 heterocycles. The molecule has 0 aliphatic heterocycles. The number of amides is 1. The Bertz CT molecular complexity index is 364. The summed E-state index contributed by atoms with van der Waals surface area (Å²) >= 11 is 1.65. The predicted octanol–water partition coefficient (Wildman–Crippen LogP) is 2.08. The summed E-state index contributed by atoms with van der Waals surface area (Å²) in [5.41, 5.74) is 7.22. The van der Waals surface area contributed by atoms with Crippen LogP contribution in [0.5, 0.6) is 0 Å². The van der Waals surface area contributed by atoms with Crippen LogP contribution < -0.4 is 5.73 Å². The molecule has 0 bridgehead atoms. The summed E-state index contributed by atoms with van der Waals surface area (Å²) < 4.78 is 0. The molecular formula is C11H16N2OS. The Labute approximate surface area is 94.6 Å². The maximum absolute atomic E-state index is 11.7. The maximum Gasteiger partial charge on any atom is 0.253 e. The van der Waals surface area contributed by atoms with Crippen molar-refractivity contribution in [2.45, 2.75) is 11.8 Å². The minimum absolute atomic E-state index is 0.00736. The fraction of sp³-hybridized carbons (Fsp3) is 0.364. The Morgan fingerprint density at radius 3 is 2.67 bits per heavy atom. The minimum atomic E-state index is 0.00736. The van der Waals surface area contributed by atoms with E-state index in [1.54, 1.807) is 42.9 Å². The van der Waals surface area contributed by atoms with Gasteiger partial charge in [-0.2, -0.15) is 0 Å².